The first-order valence-electron chi connectivity index (χ1n) is 8.95. The third-order valence-electron chi connectivity index (χ3n) is 4.89. The largest absolute Gasteiger partial charge is 0.396 e. The van der Waals surface area contributed by atoms with Crippen molar-refractivity contribution in [3.63, 3.8) is 0 Å². The second kappa shape index (κ2) is 7.98. The molecule has 1 atom stereocenters. The predicted molar refractivity (Wildman–Crippen MR) is 111 cm³/mol. The molecular formula is C20H20Cl2N4O. The van der Waals surface area contributed by atoms with E-state index in [2.05, 4.69) is 26.3 Å². The van der Waals surface area contributed by atoms with E-state index in [1.165, 1.54) is 0 Å². The Bertz CT molecular complexity index is 947. The van der Waals surface area contributed by atoms with Crippen LogP contribution in [0, 0.1) is 0 Å². The molecule has 0 saturated carbocycles. The third-order valence-corrected chi connectivity index (χ3v) is 5.46. The molecule has 3 aromatic rings. The van der Waals surface area contributed by atoms with Gasteiger partial charge in [0.05, 0.1) is 10.5 Å². The molecule has 0 bridgehead atoms. The fourth-order valence-corrected chi connectivity index (χ4v) is 3.93. The van der Waals surface area contributed by atoms with Crippen LogP contribution in [0.25, 0.3) is 22.0 Å². The highest BCUT2D eigenvalue weighted by atomic mass is 35.5. The van der Waals surface area contributed by atoms with Gasteiger partial charge < -0.3 is 15.3 Å². The Labute approximate surface area is 168 Å². The van der Waals surface area contributed by atoms with Gasteiger partial charge in [0.1, 0.15) is 12.1 Å². The number of rotatable bonds is 4. The van der Waals surface area contributed by atoms with E-state index in [4.69, 9.17) is 23.2 Å². The molecule has 7 heteroatoms. The fraction of sp³-hybridized carbons (Fsp3) is 0.300. The number of nitrogens with one attached hydrogen (secondary N) is 1. The summed E-state index contributed by atoms with van der Waals surface area (Å²) >= 11 is 12.6. The van der Waals surface area contributed by atoms with Crippen LogP contribution in [0.5, 0.6) is 0 Å². The van der Waals surface area contributed by atoms with E-state index < -0.39 is 0 Å². The molecule has 27 heavy (non-hydrogen) atoms. The first kappa shape index (κ1) is 18.4. The Morgan fingerprint density at radius 1 is 1.15 bits per heavy atom. The molecular weight excluding hydrogens is 383 g/mol. The molecule has 4 rings (SSSR count). The molecule has 2 aromatic carbocycles. The summed E-state index contributed by atoms with van der Waals surface area (Å²) in [4.78, 5) is 11.2. The lowest BCUT2D eigenvalue weighted by Gasteiger charge is -2.34. The number of aliphatic hydroxyl groups is 1. The molecule has 2 N–H and O–H groups in total. The monoisotopic (exact) mass is 402 g/mol. The number of hydrogen-bond donors (Lipinski definition) is 2. The van der Waals surface area contributed by atoms with Crippen molar-refractivity contribution in [3.8, 4) is 11.1 Å². The van der Waals surface area contributed by atoms with Crippen LogP contribution in [0.4, 0.5) is 5.82 Å². The zero-order valence-electron chi connectivity index (χ0n) is 14.7. The van der Waals surface area contributed by atoms with Gasteiger partial charge >= 0.3 is 0 Å². The molecule has 0 radical (unpaired) electrons. The van der Waals surface area contributed by atoms with Crippen LogP contribution in [0.3, 0.4) is 0 Å². The number of benzene rings is 2. The summed E-state index contributed by atoms with van der Waals surface area (Å²) < 4.78 is 0. The van der Waals surface area contributed by atoms with E-state index in [9.17, 15) is 5.11 Å². The molecule has 1 fully saturated rings. The van der Waals surface area contributed by atoms with Gasteiger partial charge in [-0.15, -0.1) is 0 Å². The number of hydrogen-bond acceptors (Lipinski definition) is 5. The first-order valence-corrected chi connectivity index (χ1v) is 9.70. The van der Waals surface area contributed by atoms with Crippen LogP contribution in [-0.2, 0) is 0 Å². The van der Waals surface area contributed by atoms with Crippen LogP contribution in [0.1, 0.15) is 6.42 Å². The molecule has 1 unspecified atom stereocenters. The topological polar surface area (TPSA) is 61.3 Å². The Hall–Kier alpha value is -1.92. The van der Waals surface area contributed by atoms with Gasteiger partial charge in [-0.25, -0.2) is 9.97 Å². The number of aliphatic hydroxyl groups excluding tert-OH is 1. The number of nitrogens with zero attached hydrogens (tertiary/aromatic N) is 3. The molecule has 5 nitrogen and oxygen atoms in total. The van der Waals surface area contributed by atoms with Crippen molar-refractivity contribution in [1.29, 1.82) is 0 Å². The minimum absolute atomic E-state index is 0.173. The smallest absolute Gasteiger partial charge is 0.140 e. The molecule has 1 aromatic heterocycles. The lowest BCUT2D eigenvalue weighted by molar-refractivity contribution is 0.260. The van der Waals surface area contributed by atoms with Gasteiger partial charge in [-0.1, -0.05) is 35.3 Å². The fourth-order valence-electron chi connectivity index (χ4n) is 3.53. The van der Waals surface area contributed by atoms with Crippen LogP contribution in [0.2, 0.25) is 10.0 Å². The van der Waals surface area contributed by atoms with Crippen LogP contribution in [-0.4, -0.2) is 47.4 Å². The maximum absolute atomic E-state index is 9.25. The number of fused-ring (bicyclic) bond motifs is 1. The number of halogens is 2. The van der Waals surface area contributed by atoms with Crippen molar-refractivity contribution in [2.24, 2.45) is 0 Å². The highest BCUT2D eigenvalue weighted by Crippen LogP contribution is 2.35. The van der Waals surface area contributed by atoms with Crippen molar-refractivity contribution in [3.05, 3.63) is 52.8 Å². The minimum atomic E-state index is 0.173. The molecule has 1 aliphatic rings. The van der Waals surface area contributed by atoms with Crippen molar-refractivity contribution in [2.45, 2.75) is 12.5 Å². The van der Waals surface area contributed by atoms with Gasteiger partial charge in [0.25, 0.3) is 0 Å². The lowest BCUT2D eigenvalue weighted by atomic mass is 10.0. The Kier molecular flexibility index (Phi) is 5.45. The number of piperazine rings is 1. The van der Waals surface area contributed by atoms with Gasteiger partial charge in [-0.3, -0.25) is 0 Å². The molecule has 0 aliphatic carbocycles. The number of anilines is 1. The van der Waals surface area contributed by atoms with E-state index in [1.807, 2.05) is 30.3 Å². The van der Waals surface area contributed by atoms with Crippen molar-refractivity contribution >= 4 is 39.9 Å². The zero-order valence-corrected chi connectivity index (χ0v) is 16.2. The van der Waals surface area contributed by atoms with Gasteiger partial charge in [0.15, 0.2) is 0 Å². The SMILES string of the molecule is OCCC1CN(c2ncnc3cc(Cl)c(-c4ccc(Cl)cc4)cc23)CCN1. The maximum atomic E-state index is 9.25. The molecule has 1 saturated heterocycles. The molecule has 140 valence electrons. The Balaban J connectivity index is 1.77. The van der Waals surface area contributed by atoms with Gasteiger partial charge in [-0.05, 0) is 36.2 Å². The van der Waals surface area contributed by atoms with E-state index in [0.29, 0.717) is 10.0 Å². The number of aromatic nitrogens is 2. The molecule has 0 spiro atoms. The summed E-state index contributed by atoms with van der Waals surface area (Å²) in [5.74, 6) is 0.899. The van der Waals surface area contributed by atoms with Crippen LogP contribution < -0.4 is 10.2 Å². The normalized spacial score (nSPS) is 17.4. The highest BCUT2D eigenvalue weighted by Gasteiger charge is 2.22. The average Bonchev–Trinajstić information content (AvgIpc) is 2.68. The van der Waals surface area contributed by atoms with E-state index in [0.717, 1.165) is 53.9 Å². The standard InChI is InChI=1S/C20H20Cl2N4O/c21-14-3-1-13(2-4-14)16-9-17-19(10-18(16)22)24-12-25-20(17)26-7-6-23-15(11-26)5-8-27/h1-4,9-10,12,15,23,27H,5-8,11H2. The van der Waals surface area contributed by atoms with Crippen molar-refractivity contribution < 1.29 is 5.11 Å². The zero-order chi connectivity index (χ0) is 18.8. The summed E-state index contributed by atoms with van der Waals surface area (Å²) in [5.41, 5.74) is 2.75. The Morgan fingerprint density at radius 2 is 1.96 bits per heavy atom. The van der Waals surface area contributed by atoms with E-state index in [1.54, 1.807) is 6.33 Å². The summed E-state index contributed by atoms with van der Waals surface area (Å²) in [5, 5.41) is 15.0. The Morgan fingerprint density at radius 3 is 2.74 bits per heavy atom. The van der Waals surface area contributed by atoms with E-state index in [-0.39, 0.29) is 12.6 Å². The van der Waals surface area contributed by atoms with Gasteiger partial charge in [0.2, 0.25) is 0 Å². The van der Waals surface area contributed by atoms with Crippen LogP contribution in [0.15, 0.2) is 42.7 Å². The average molecular weight is 403 g/mol. The van der Waals surface area contributed by atoms with Gasteiger partial charge in [-0.2, -0.15) is 0 Å². The molecule has 1 aliphatic heterocycles. The molecule has 0 amide bonds. The quantitative estimate of drug-likeness (QED) is 0.695. The summed E-state index contributed by atoms with van der Waals surface area (Å²) in [6.07, 6.45) is 2.31. The molecule has 2 heterocycles. The first-order chi connectivity index (χ1) is 13.2. The predicted octanol–water partition coefficient (Wildman–Crippen LogP) is 3.76. The minimum Gasteiger partial charge on any atom is -0.396 e. The van der Waals surface area contributed by atoms with E-state index >= 15 is 0 Å². The van der Waals surface area contributed by atoms with Crippen molar-refractivity contribution in [1.82, 2.24) is 15.3 Å². The highest BCUT2D eigenvalue weighted by molar-refractivity contribution is 6.34. The van der Waals surface area contributed by atoms with Crippen LogP contribution >= 0.6 is 23.2 Å². The lowest BCUT2D eigenvalue weighted by Crippen LogP contribution is -2.51. The summed E-state index contributed by atoms with van der Waals surface area (Å²) in [6.45, 7) is 2.68. The summed E-state index contributed by atoms with van der Waals surface area (Å²) in [6, 6.07) is 11.8. The van der Waals surface area contributed by atoms with Crippen molar-refractivity contribution in [2.75, 3.05) is 31.1 Å². The van der Waals surface area contributed by atoms with Gasteiger partial charge in [0, 0.05) is 48.3 Å². The third kappa shape index (κ3) is 3.87. The maximum Gasteiger partial charge on any atom is 0.140 e. The second-order valence-corrected chi connectivity index (χ2v) is 7.51. The second-order valence-electron chi connectivity index (χ2n) is 6.66. The summed E-state index contributed by atoms with van der Waals surface area (Å²) in [7, 11) is 0.